The van der Waals surface area contributed by atoms with Crippen molar-refractivity contribution in [2.75, 3.05) is 19.7 Å². The molecule has 0 aliphatic carbocycles. The van der Waals surface area contributed by atoms with Crippen LogP contribution in [0.4, 0.5) is 0 Å². The lowest BCUT2D eigenvalue weighted by Crippen LogP contribution is -2.41. The summed E-state index contributed by atoms with van der Waals surface area (Å²) in [6.45, 7) is 3.32. The van der Waals surface area contributed by atoms with E-state index in [0.29, 0.717) is 12.5 Å². The van der Waals surface area contributed by atoms with Gasteiger partial charge in [-0.1, -0.05) is 12.1 Å². The van der Waals surface area contributed by atoms with E-state index >= 15 is 0 Å². The first-order valence-corrected chi connectivity index (χ1v) is 8.68. The van der Waals surface area contributed by atoms with Gasteiger partial charge in [0.2, 0.25) is 11.8 Å². The lowest BCUT2D eigenvalue weighted by molar-refractivity contribution is -0.124. The second-order valence-corrected chi connectivity index (χ2v) is 6.82. The highest BCUT2D eigenvalue weighted by molar-refractivity contribution is 5.77. The number of para-hydroxylation sites is 2. The maximum atomic E-state index is 11.6. The molecule has 2 atom stereocenters. The third kappa shape index (κ3) is 3.03. The van der Waals surface area contributed by atoms with Crippen LogP contribution >= 0.6 is 0 Å². The summed E-state index contributed by atoms with van der Waals surface area (Å²) in [5.74, 6) is 0.858. The smallest absolute Gasteiger partial charge is 0.223 e. The number of carbonyl (C=O) groups excluding carboxylic acids is 1. The highest BCUT2D eigenvalue weighted by Gasteiger charge is 2.39. The Kier molecular flexibility index (Phi) is 4.24. The minimum Gasteiger partial charge on any atom is -0.439 e. The van der Waals surface area contributed by atoms with Crippen LogP contribution in [0, 0.1) is 11.8 Å². The third-order valence-electron chi connectivity index (χ3n) is 5.30. The highest BCUT2D eigenvalue weighted by atomic mass is 16.5. The summed E-state index contributed by atoms with van der Waals surface area (Å²) >= 11 is 0. The number of nitrogens with two attached hydrogens (primary N) is 1. The Morgan fingerprint density at radius 1 is 1.25 bits per heavy atom. The van der Waals surface area contributed by atoms with Crippen molar-refractivity contribution in [3.8, 4) is 0 Å². The van der Waals surface area contributed by atoms with Crippen molar-refractivity contribution in [2.24, 2.45) is 17.6 Å². The quantitative estimate of drug-likeness (QED) is 0.927. The largest absolute Gasteiger partial charge is 0.439 e. The molecule has 1 aromatic heterocycles. The number of ether oxygens (including phenoxy) is 1. The van der Waals surface area contributed by atoms with Gasteiger partial charge in [-0.3, -0.25) is 9.69 Å². The molecule has 0 radical (unpaired) electrons. The topological polar surface area (TPSA) is 81.6 Å². The van der Waals surface area contributed by atoms with Crippen molar-refractivity contribution in [1.29, 1.82) is 0 Å². The van der Waals surface area contributed by atoms with Gasteiger partial charge in [-0.05, 0) is 50.4 Å². The Morgan fingerprint density at radius 2 is 2.04 bits per heavy atom. The number of hydrogen-bond acceptors (Lipinski definition) is 5. The number of fused-ring (bicyclic) bond motifs is 1. The van der Waals surface area contributed by atoms with Gasteiger partial charge in [-0.25, -0.2) is 4.98 Å². The number of oxazole rings is 1. The maximum Gasteiger partial charge on any atom is 0.223 e. The van der Waals surface area contributed by atoms with Gasteiger partial charge < -0.3 is 14.9 Å². The second-order valence-electron chi connectivity index (χ2n) is 6.82. The zero-order valence-corrected chi connectivity index (χ0v) is 13.7. The Balaban J connectivity index is 1.35. The average Bonchev–Trinajstić information content (AvgIpc) is 3.21. The Morgan fingerprint density at radius 3 is 2.79 bits per heavy atom. The summed E-state index contributed by atoms with van der Waals surface area (Å²) in [6, 6.07) is 7.84. The number of benzene rings is 1. The Bertz CT molecular complexity index is 688. The predicted octanol–water partition coefficient (Wildman–Crippen LogP) is 1.93. The Labute approximate surface area is 141 Å². The van der Waals surface area contributed by atoms with Crippen LogP contribution in [0.15, 0.2) is 28.7 Å². The fourth-order valence-electron chi connectivity index (χ4n) is 4.00. The van der Waals surface area contributed by atoms with Gasteiger partial charge in [0.15, 0.2) is 5.58 Å². The van der Waals surface area contributed by atoms with Crippen molar-refractivity contribution in [1.82, 2.24) is 9.88 Å². The van der Waals surface area contributed by atoms with E-state index in [9.17, 15) is 4.79 Å². The standard InChI is InChI=1S/C18H23N3O3/c19-18(22)13-7-10-23-17(13)12-5-8-21(9-6-12)11-16-20-14-3-1-2-4-15(14)24-16/h1-4,12-13,17H,5-11H2,(H2,19,22)/t13-,17+/m0/s1. The number of carbonyl (C=O) groups is 1. The summed E-state index contributed by atoms with van der Waals surface area (Å²) in [6.07, 6.45) is 2.82. The molecule has 3 heterocycles. The van der Waals surface area contributed by atoms with Crippen molar-refractivity contribution in [3.05, 3.63) is 30.2 Å². The number of primary amides is 1. The molecule has 128 valence electrons. The lowest BCUT2D eigenvalue weighted by Gasteiger charge is -2.35. The molecular formula is C18H23N3O3. The van der Waals surface area contributed by atoms with Gasteiger partial charge in [0.1, 0.15) is 5.52 Å². The zero-order chi connectivity index (χ0) is 16.5. The molecule has 0 spiro atoms. The van der Waals surface area contributed by atoms with E-state index in [1.807, 2.05) is 24.3 Å². The second kappa shape index (κ2) is 6.53. The minimum absolute atomic E-state index is 0.00831. The third-order valence-corrected chi connectivity index (χ3v) is 5.30. The number of aromatic nitrogens is 1. The first-order chi connectivity index (χ1) is 11.7. The molecule has 2 aliphatic rings. The van der Waals surface area contributed by atoms with E-state index in [4.69, 9.17) is 14.9 Å². The molecule has 2 saturated heterocycles. The molecular weight excluding hydrogens is 306 g/mol. The monoisotopic (exact) mass is 329 g/mol. The van der Waals surface area contributed by atoms with Gasteiger partial charge in [-0.15, -0.1) is 0 Å². The fourth-order valence-corrected chi connectivity index (χ4v) is 4.00. The number of piperidine rings is 1. The van der Waals surface area contributed by atoms with Crippen LogP contribution in [-0.4, -0.2) is 41.6 Å². The first kappa shape index (κ1) is 15.6. The lowest BCUT2D eigenvalue weighted by atomic mass is 9.84. The van der Waals surface area contributed by atoms with E-state index in [0.717, 1.165) is 55.9 Å². The van der Waals surface area contributed by atoms with Crippen molar-refractivity contribution >= 4 is 17.0 Å². The molecule has 24 heavy (non-hydrogen) atoms. The van der Waals surface area contributed by atoms with Crippen LogP contribution < -0.4 is 5.73 Å². The summed E-state index contributed by atoms with van der Waals surface area (Å²) < 4.78 is 11.6. The van der Waals surface area contributed by atoms with Crippen LogP contribution in [0.2, 0.25) is 0 Å². The van der Waals surface area contributed by atoms with E-state index in [1.54, 1.807) is 0 Å². The van der Waals surface area contributed by atoms with Crippen molar-refractivity contribution in [2.45, 2.75) is 31.9 Å². The van der Waals surface area contributed by atoms with Crippen LogP contribution in [0.3, 0.4) is 0 Å². The summed E-state index contributed by atoms with van der Waals surface area (Å²) in [5, 5.41) is 0. The zero-order valence-electron chi connectivity index (χ0n) is 13.7. The molecule has 6 heteroatoms. The molecule has 2 N–H and O–H groups in total. The van der Waals surface area contributed by atoms with Gasteiger partial charge in [0, 0.05) is 6.61 Å². The van der Waals surface area contributed by atoms with Crippen LogP contribution in [0.1, 0.15) is 25.2 Å². The van der Waals surface area contributed by atoms with E-state index in [-0.39, 0.29) is 17.9 Å². The maximum absolute atomic E-state index is 11.6. The van der Waals surface area contributed by atoms with Crippen molar-refractivity contribution < 1.29 is 13.9 Å². The molecule has 1 amide bonds. The molecule has 4 rings (SSSR count). The first-order valence-electron chi connectivity index (χ1n) is 8.68. The van der Waals surface area contributed by atoms with Crippen LogP contribution in [0.5, 0.6) is 0 Å². The van der Waals surface area contributed by atoms with Crippen molar-refractivity contribution in [3.63, 3.8) is 0 Å². The van der Waals surface area contributed by atoms with Crippen LogP contribution in [0.25, 0.3) is 11.1 Å². The molecule has 0 bridgehead atoms. The van der Waals surface area contributed by atoms with Crippen LogP contribution in [-0.2, 0) is 16.1 Å². The molecule has 0 unspecified atom stereocenters. The summed E-state index contributed by atoms with van der Waals surface area (Å²) in [4.78, 5) is 18.5. The number of rotatable bonds is 4. The van der Waals surface area contributed by atoms with E-state index < -0.39 is 0 Å². The number of likely N-dealkylation sites (tertiary alicyclic amines) is 1. The van der Waals surface area contributed by atoms with Gasteiger partial charge in [0.25, 0.3) is 0 Å². The number of nitrogens with zero attached hydrogens (tertiary/aromatic N) is 2. The molecule has 2 aliphatic heterocycles. The average molecular weight is 329 g/mol. The van der Waals surface area contributed by atoms with Gasteiger partial charge in [0.05, 0.1) is 18.6 Å². The SMILES string of the molecule is NC(=O)[C@H]1CCO[C@@H]1C1CCN(Cc2nc3ccccc3o2)CC1. The minimum atomic E-state index is -0.216. The normalized spacial score (nSPS) is 26.2. The van der Waals surface area contributed by atoms with Gasteiger partial charge >= 0.3 is 0 Å². The summed E-state index contributed by atoms with van der Waals surface area (Å²) in [5.41, 5.74) is 7.26. The number of hydrogen-bond donors (Lipinski definition) is 1. The molecule has 1 aromatic carbocycles. The summed E-state index contributed by atoms with van der Waals surface area (Å²) in [7, 11) is 0. The predicted molar refractivity (Wildman–Crippen MR) is 89.1 cm³/mol. The molecule has 2 aromatic rings. The Hall–Kier alpha value is -1.92. The molecule has 2 fully saturated rings. The molecule has 0 saturated carbocycles. The van der Waals surface area contributed by atoms with E-state index in [2.05, 4.69) is 9.88 Å². The highest BCUT2D eigenvalue weighted by Crippen LogP contribution is 2.33. The fraction of sp³-hybridized carbons (Fsp3) is 0.556. The van der Waals surface area contributed by atoms with Gasteiger partial charge in [-0.2, -0.15) is 0 Å². The number of amides is 1. The molecule has 6 nitrogen and oxygen atoms in total. The van der Waals surface area contributed by atoms with E-state index in [1.165, 1.54) is 0 Å².